The summed E-state index contributed by atoms with van der Waals surface area (Å²) in [7, 11) is 0. The Balaban J connectivity index is 1.88. The van der Waals surface area contributed by atoms with Crippen LogP contribution in [0.2, 0.25) is 0 Å². The first-order chi connectivity index (χ1) is 8.24. The van der Waals surface area contributed by atoms with Gasteiger partial charge in [0.1, 0.15) is 17.6 Å². The summed E-state index contributed by atoms with van der Waals surface area (Å²) in [4.78, 5) is 0. The first kappa shape index (κ1) is 12.1. The minimum atomic E-state index is -2.79. The fourth-order valence-electron chi connectivity index (χ4n) is 1.81. The fourth-order valence-corrected chi connectivity index (χ4v) is 1.81. The summed E-state index contributed by atoms with van der Waals surface area (Å²) in [6.07, 6.45) is 2.27. The quantitative estimate of drug-likeness (QED) is 0.881. The van der Waals surface area contributed by atoms with E-state index in [4.69, 9.17) is 4.74 Å². The van der Waals surface area contributed by atoms with Crippen molar-refractivity contribution in [2.75, 3.05) is 13.1 Å². The third-order valence-corrected chi connectivity index (χ3v) is 2.60. The van der Waals surface area contributed by atoms with E-state index in [1.807, 2.05) is 0 Å². The number of ether oxygens (including phenoxy) is 2. The molecular weight excluding hydrogens is 228 g/mol. The molecule has 0 aliphatic carbocycles. The Morgan fingerprint density at radius 2 is 1.88 bits per heavy atom. The van der Waals surface area contributed by atoms with Crippen LogP contribution >= 0.6 is 0 Å². The van der Waals surface area contributed by atoms with Gasteiger partial charge in [0.2, 0.25) is 0 Å². The molecule has 0 saturated carbocycles. The van der Waals surface area contributed by atoms with E-state index in [1.54, 1.807) is 12.1 Å². The largest absolute Gasteiger partial charge is 0.489 e. The molecule has 1 saturated heterocycles. The van der Waals surface area contributed by atoms with Gasteiger partial charge >= 0.3 is 6.61 Å². The van der Waals surface area contributed by atoms with Crippen LogP contribution in [0.4, 0.5) is 8.78 Å². The van der Waals surface area contributed by atoms with Gasteiger partial charge in [-0.3, -0.25) is 0 Å². The van der Waals surface area contributed by atoms with E-state index in [-0.39, 0.29) is 11.9 Å². The predicted molar refractivity (Wildman–Crippen MR) is 59.6 cm³/mol. The zero-order valence-electron chi connectivity index (χ0n) is 9.36. The first-order valence-electron chi connectivity index (χ1n) is 5.66. The highest BCUT2D eigenvalue weighted by molar-refractivity contribution is 5.31. The molecule has 0 amide bonds. The fraction of sp³-hybridized carbons (Fsp3) is 0.500. The van der Waals surface area contributed by atoms with Crippen LogP contribution < -0.4 is 14.8 Å². The molecule has 5 heteroatoms. The molecule has 1 unspecified atom stereocenters. The maximum atomic E-state index is 11.9. The average Bonchev–Trinajstić information content (AvgIpc) is 2.32. The van der Waals surface area contributed by atoms with Gasteiger partial charge in [-0.05, 0) is 43.7 Å². The molecule has 0 radical (unpaired) electrons. The molecule has 1 heterocycles. The molecular formula is C12H15F2NO2. The lowest BCUT2D eigenvalue weighted by atomic mass is 10.1. The second kappa shape index (κ2) is 5.82. The van der Waals surface area contributed by atoms with Gasteiger partial charge in [-0.1, -0.05) is 0 Å². The summed E-state index contributed by atoms with van der Waals surface area (Å²) in [5, 5.41) is 3.24. The van der Waals surface area contributed by atoms with E-state index in [1.165, 1.54) is 12.1 Å². The van der Waals surface area contributed by atoms with E-state index < -0.39 is 6.61 Å². The van der Waals surface area contributed by atoms with E-state index in [9.17, 15) is 8.78 Å². The van der Waals surface area contributed by atoms with Gasteiger partial charge in [0, 0.05) is 6.54 Å². The smallest absolute Gasteiger partial charge is 0.387 e. The van der Waals surface area contributed by atoms with Gasteiger partial charge in [0.05, 0.1) is 0 Å². The van der Waals surface area contributed by atoms with E-state index >= 15 is 0 Å². The summed E-state index contributed by atoms with van der Waals surface area (Å²) < 4.78 is 33.8. The average molecular weight is 243 g/mol. The molecule has 1 fully saturated rings. The number of hydrogen-bond donors (Lipinski definition) is 1. The molecule has 17 heavy (non-hydrogen) atoms. The van der Waals surface area contributed by atoms with Gasteiger partial charge < -0.3 is 14.8 Å². The first-order valence-corrected chi connectivity index (χ1v) is 5.66. The molecule has 2 rings (SSSR count). The zero-order chi connectivity index (χ0) is 12.1. The Hall–Kier alpha value is -1.36. The molecule has 1 aromatic rings. The topological polar surface area (TPSA) is 30.5 Å². The Bertz CT molecular complexity index is 337. The highest BCUT2D eigenvalue weighted by Gasteiger charge is 2.14. The van der Waals surface area contributed by atoms with E-state index in [0.29, 0.717) is 5.75 Å². The lowest BCUT2D eigenvalue weighted by Crippen LogP contribution is -2.37. The van der Waals surface area contributed by atoms with Gasteiger partial charge in [-0.2, -0.15) is 8.78 Å². The number of halogens is 2. The van der Waals surface area contributed by atoms with Crippen molar-refractivity contribution in [3.05, 3.63) is 24.3 Å². The number of piperidine rings is 1. The monoisotopic (exact) mass is 243 g/mol. The molecule has 0 spiro atoms. The van der Waals surface area contributed by atoms with Crippen molar-refractivity contribution in [2.24, 2.45) is 0 Å². The number of alkyl halides is 2. The molecule has 0 bridgehead atoms. The van der Waals surface area contributed by atoms with Gasteiger partial charge in [-0.25, -0.2) is 0 Å². The molecule has 94 valence electrons. The Morgan fingerprint density at radius 1 is 1.18 bits per heavy atom. The Morgan fingerprint density at radius 3 is 2.47 bits per heavy atom. The van der Waals surface area contributed by atoms with Crippen LogP contribution in [-0.4, -0.2) is 25.8 Å². The van der Waals surface area contributed by atoms with Crippen molar-refractivity contribution in [2.45, 2.75) is 25.6 Å². The van der Waals surface area contributed by atoms with Gasteiger partial charge in [0.25, 0.3) is 0 Å². The van der Waals surface area contributed by atoms with Crippen molar-refractivity contribution in [3.63, 3.8) is 0 Å². The third-order valence-electron chi connectivity index (χ3n) is 2.60. The van der Waals surface area contributed by atoms with Crippen LogP contribution in [0, 0.1) is 0 Å². The van der Waals surface area contributed by atoms with Crippen molar-refractivity contribution in [1.29, 1.82) is 0 Å². The predicted octanol–water partition coefficient (Wildman–Crippen LogP) is 2.42. The molecule has 0 aromatic heterocycles. The molecule has 1 N–H and O–H groups in total. The minimum absolute atomic E-state index is 0.147. The summed E-state index contributed by atoms with van der Waals surface area (Å²) in [5.74, 6) is 0.828. The van der Waals surface area contributed by atoms with Crippen molar-refractivity contribution in [1.82, 2.24) is 5.32 Å². The second-order valence-electron chi connectivity index (χ2n) is 3.94. The zero-order valence-corrected chi connectivity index (χ0v) is 9.36. The number of rotatable bonds is 4. The van der Waals surface area contributed by atoms with Crippen LogP contribution in [-0.2, 0) is 0 Å². The second-order valence-corrected chi connectivity index (χ2v) is 3.94. The van der Waals surface area contributed by atoms with Crippen LogP contribution in [0.5, 0.6) is 11.5 Å². The van der Waals surface area contributed by atoms with Gasteiger partial charge in [0.15, 0.2) is 0 Å². The maximum absolute atomic E-state index is 11.9. The molecule has 1 atom stereocenters. The molecule has 3 nitrogen and oxygen atoms in total. The van der Waals surface area contributed by atoms with Crippen LogP contribution in [0.15, 0.2) is 24.3 Å². The SMILES string of the molecule is FC(F)Oc1ccc(OC2CCCNC2)cc1. The molecule has 1 aliphatic rings. The minimum Gasteiger partial charge on any atom is -0.489 e. The van der Waals surface area contributed by atoms with E-state index in [2.05, 4.69) is 10.1 Å². The summed E-state index contributed by atoms with van der Waals surface area (Å²) in [6, 6.07) is 6.26. The third kappa shape index (κ3) is 3.85. The molecule has 1 aliphatic heterocycles. The normalized spacial score (nSPS) is 20.3. The number of benzene rings is 1. The molecule has 1 aromatic carbocycles. The maximum Gasteiger partial charge on any atom is 0.387 e. The van der Waals surface area contributed by atoms with Crippen molar-refractivity contribution < 1.29 is 18.3 Å². The summed E-state index contributed by atoms with van der Waals surface area (Å²) >= 11 is 0. The summed E-state index contributed by atoms with van der Waals surface area (Å²) in [6.45, 7) is -0.930. The number of hydrogen-bond acceptors (Lipinski definition) is 3. The van der Waals surface area contributed by atoms with Crippen molar-refractivity contribution >= 4 is 0 Å². The van der Waals surface area contributed by atoms with Crippen LogP contribution in [0.1, 0.15) is 12.8 Å². The highest BCUT2D eigenvalue weighted by atomic mass is 19.3. The highest BCUT2D eigenvalue weighted by Crippen LogP contribution is 2.21. The van der Waals surface area contributed by atoms with Gasteiger partial charge in [-0.15, -0.1) is 0 Å². The van der Waals surface area contributed by atoms with Crippen LogP contribution in [0.3, 0.4) is 0 Å². The standard InChI is InChI=1S/C12H15F2NO2/c13-12(14)17-10-5-3-9(4-6-10)16-11-2-1-7-15-8-11/h3-6,11-12,15H,1-2,7-8H2. The Kier molecular flexibility index (Phi) is 4.14. The van der Waals surface area contributed by atoms with E-state index in [0.717, 1.165) is 25.9 Å². The summed E-state index contributed by atoms with van der Waals surface area (Å²) in [5.41, 5.74) is 0. The van der Waals surface area contributed by atoms with Crippen LogP contribution in [0.25, 0.3) is 0 Å². The lowest BCUT2D eigenvalue weighted by molar-refractivity contribution is -0.0498. The lowest BCUT2D eigenvalue weighted by Gasteiger charge is -2.23. The Labute approximate surface area is 98.7 Å². The van der Waals surface area contributed by atoms with Crippen molar-refractivity contribution in [3.8, 4) is 11.5 Å². The number of nitrogens with one attached hydrogen (secondary N) is 1.